The number of nitrogens with one attached hydrogen (secondary N) is 2. The molecule has 3 heterocycles. The van der Waals surface area contributed by atoms with E-state index in [4.69, 9.17) is 10.8 Å². The summed E-state index contributed by atoms with van der Waals surface area (Å²) in [5, 5.41) is 19.1. The number of likely N-dealkylation sites (tertiary alicyclic amines) is 1. The van der Waals surface area contributed by atoms with Gasteiger partial charge in [-0.3, -0.25) is 14.5 Å². The molecule has 26 heavy (non-hydrogen) atoms. The van der Waals surface area contributed by atoms with Crippen LogP contribution in [0, 0.1) is 5.92 Å². The number of carboxylic acid groups (broad SMARTS) is 1. The third-order valence-electron chi connectivity index (χ3n) is 5.08. The minimum atomic E-state index is -0.969. The lowest BCUT2D eigenvalue weighted by Crippen LogP contribution is -2.29. The largest absolute Gasteiger partial charge is 0.480 e. The molecule has 2 aromatic heterocycles. The molecule has 2 aromatic rings. The summed E-state index contributed by atoms with van der Waals surface area (Å²) >= 11 is 0. The molecule has 3 unspecified atom stereocenters. The van der Waals surface area contributed by atoms with E-state index in [9.17, 15) is 14.7 Å². The first kappa shape index (κ1) is 18.6. The number of hydrogen-bond donors (Lipinski definition) is 5. The van der Waals surface area contributed by atoms with Crippen molar-refractivity contribution in [3.63, 3.8) is 0 Å². The fourth-order valence-corrected chi connectivity index (χ4v) is 3.61. The summed E-state index contributed by atoms with van der Waals surface area (Å²) in [6.07, 6.45) is 5.68. The van der Waals surface area contributed by atoms with E-state index in [-0.39, 0.29) is 11.5 Å². The predicted molar refractivity (Wildman–Crippen MR) is 95.6 cm³/mol. The number of fused-ring (bicyclic) bond motifs is 1. The van der Waals surface area contributed by atoms with Gasteiger partial charge in [0.15, 0.2) is 0 Å². The lowest BCUT2D eigenvalue weighted by molar-refractivity contribution is -0.138. The number of aromatic amines is 2. The third kappa shape index (κ3) is 4.12. The molecule has 9 heteroatoms. The maximum atomic E-state index is 11.7. The molecule has 1 aliphatic heterocycles. The van der Waals surface area contributed by atoms with Crippen LogP contribution in [0.5, 0.6) is 0 Å². The van der Waals surface area contributed by atoms with Gasteiger partial charge in [0.25, 0.3) is 5.56 Å². The molecule has 0 radical (unpaired) electrons. The number of hydrogen-bond acceptors (Lipinski definition) is 6. The van der Waals surface area contributed by atoms with Gasteiger partial charge >= 0.3 is 5.97 Å². The number of nitrogens with zero attached hydrogens (tertiary/aromatic N) is 2. The summed E-state index contributed by atoms with van der Waals surface area (Å²) in [6.45, 7) is 1.96. The molecule has 0 bridgehead atoms. The van der Waals surface area contributed by atoms with Crippen molar-refractivity contribution in [2.45, 2.75) is 44.4 Å². The van der Waals surface area contributed by atoms with Gasteiger partial charge in [-0.1, -0.05) is 12.8 Å². The first-order valence-corrected chi connectivity index (χ1v) is 8.88. The van der Waals surface area contributed by atoms with Crippen molar-refractivity contribution in [3.8, 4) is 0 Å². The Labute approximate surface area is 150 Å². The molecule has 9 nitrogen and oxygen atoms in total. The summed E-state index contributed by atoms with van der Waals surface area (Å²) in [4.78, 5) is 34.3. The Morgan fingerprint density at radius 1 is 1.38 bits per heavy atom. The van der Waals surface area contributed by atoms with Crippen LogP contribution in [0.4, 0.5) is 0 Å². The summed E-state index contributed by atoms with van der Waals surface area (Å²) in [5.41, 5.74) is 7.37. The highest BCUT2D eigenvalue weighted by atomic mass is 16.4. The van der Waals surface area contributed by atoms with Gasteiger partial charge in [-0.2, -0.15) is 0 Å². The number of aliphatic hydroxyl groups excluding tert-OH is 1. The molecule has 0 amide bonds. The zero-order valence-corrected chi connectivity index (χ0v) is 14.5. The van der Waals surface area contributed by atoms with Crippen molar-refractivity contribution in [1.29, 1.82) is 0 Å². The molecule has 1 aliphatic rings. The second-order valence-electron chi connectivity index (χ2n) is 7.02. The molecule has 1 fully saturated rings. The van der Waals surface area contributed by atoms with E-state index in [0.717, 1.165) is 31.4 Å². The van der Waals surface area contributed by atoms with E-state index >= 15 is 0 Å². The minimum Gasteiger partial charge on any atom is -0.480 e. The van der Waals surface area contributed by atoms with Crippen LogP contribution in [0.15, 0.2) is 17.3 Å². The number of carboxylic acids is 1. The quantitative estimate of drug-likeness (QED) is 0.415. The normalized spacial score (nSPS) is 22.1. The standard InChI is InChI=1S/C17H25N5O4/c18-12(17(25)26)4-2-1-3-10-6-22(8-13(10)23)7-11-5-19-15-14(11)20-9-21-16(15)24/h5,9-10,12-13,19,23H,1-4,6-8,18H2,(H,25,26)(H,20,21,24). The Balaban J connectivity index is 1.51. The van der Waals surface area contributed by atoms with Gasteiger partial charge in [-0.05, 0) is 18.8 Å². The highest BCUT2D eigenvalue weighted by Gasteiger charge is 2.31. The van der Waals surface area contributed by atoms with Gasteiger partial charge in [0.2, 0.25) is 0 Å². The Morgan fingerprint density at radius 2 is 2.19 bits per heavy atom. The summed E-state index contributed by atoms with van der Waals surface area (Å²) in [7, 11) is 0. The van der Waals surface area contributed by atoms with Crippen LogP contribution < -0.4 is 11.3 Å². The topological polar surface area (TPSA) is 148 Å². The van der Waals surface area contributed by atoms with Crippen LogP contribution in [-0.4, -0.2) is 61.3 Å². The van der Waals surface area contributed by atoms with Crippen LogP contribution in [0.25, 0.3) is 11.0 Å². The molecule has 0 saturated carbocycles. The van der Waals surface area contributed by atoms with Crippen molar-refractivity contribution in [2.75, 3.05) is 13.1 Å². The number of aliphatic hydroxyl groups is 1. The second kappa shape index (κ2) is 7.98. The van der Waals surface area contributed by atoms with Gasteiger partial charge < -0.3 is 25.9 Å². The molecular weight excluding hydrogens is 338 g/mol. The molecule has 1 saturated heterocycles. The highest BCUT2D eigenvalue weighted by Crippen LogP contribution is 2.25. The zero-order chi connectivity index (χ0) is 18.7. The summed E-state index contributed by atoms with van der Waals surface area (Å²) < 4.78 is 0. The van der Waals surface area contributed by atoms with E-state index in [1.807, 2.05) is 0 Å². The van der Waals surface area contributed by atoms with E-state index in [1.54, 1.807) is 6.20 Å². The number of nitrogens with two attached hydrogens (primary N) is 1. The minimum absolute atomic E-state index is 0.164. The Bertz CT molecular complexity index is 817. The van der Waals surface area contributed by atoms with Crippen LogP contribution >= 0.6 is 0 Å². The molecule has 0 aliphatic carbocycles. The summed E-state index contributed by atoms with van der Waals surface area (Å²) in [5.74, 6) is -0.805. The maximum absolute atomic E-state index is 11.7. The number of carbonyl (C=O) groups is 1. The van der Waals surface area contributed by atoms with E-state index < -0.39 is 18.1 Å². The fraction of sp³-hybridized carbons (Fsp3) is 0.588. The molecule has 0 spiro atoms. The first-order chi connectivity index (χ1) is 12.5. The Morgan fingerprint density at radius 3 is 2.96 bits per heavy atom. The number of β-amino-alcohol motifs (C(OH)–C–C–N with tert-alkyl or cyclic N) is 1. The smallest absolute Gasteiger partial charge is 0.320 e. The van der Waals surface area contributed by atoms with Crippen molar-refractivity contribution in [2.24, 2.45) is 11.7 Å². The number of aliphatic carboxylic acids is 1. The Kier molecular flexibility index (Phi) is 5.70. The van der Waals surface area contributed by atoms with Crippen LogP contribution in [-0.2, 0) is 11.3 Å². The maximum Gasteiger partial charge on any atom is 0.320 e. The van der Waals surface area contributed by atoms with Crippen molar-refractivity contribution >= 4 is 17.0 Å². The Hall–Kier alpha value is -2.23. The molecule has 0 aromatic carbocycles. The second-order valence-corrected chi connectivity index (χ2v) is 7.02. The highest BCUT2D eigenvalue weighted by molar-refractivity contribution is 5.77. The van der Waals surface area contributed by atoms with Gasteiger partial charge in [0.1, 0.15) is 11.6 Å². The molecule has 3 atom stereocenters. The number of unbranched alkanes of at least 4 members (excludes halogenated alkanes) is 1. The molecular formula is C17H25N5O4. The van der Waals surface area contributed by atoms with Gasteiger partial charge in [-0.25, -0.2) is 4.98 Å². The average Bonchev–Trinajstić information content (AvgIpc) is 3.16. The monoisotopic (exact) mass is 363 g/mol. The molecule has 3 rings (SSSR count). The number of H-pyrrole nitrogens is 2. The van der Waals surface area contributed by atoms with Crippen LogP contribution in [0.1, 0.15) is 31.2 Å². The van der Waals surface area contributed by atoms with Gasteiger partial charge in [0, 0.05) is 31.4 Å². The van der Waals surface area contributed by atoms with Crippen molar-refractivity contribution < 1.29 is 15.0 Å². The van der Waals surface area contributed by atoms with E-state index in [1.165, 1.54) is 6.33 Å². The fourth-order valence-electron chi connectivity index (χ4n) is 3.61. The lowest BCUT2D eigenvalue weighted by Gasteiger charge is -2.15. The van der Waals surface area contributed by atoms with Crippen molar-refractivity contribution in [3.05, 3.63) is 28.4 Å². The van der Waals surface area contributed by atoms with Crippen LogP contribution in [0.3, 0.4) is 0 Å². The van der Waals surface area contributed by atoms with E-state index in [0.29, 0.717) is 30.5 Å². The first-order valence-electron chi connectivity index (χ1n) is 8.88. The molecule has 142 valence electrons. The van der Waals surface area contributed by atoms with Crippen LogP contribution in [0.2, 0.25) is 0 Å². The van der Waals surface area contributed by atoms with Crippen molar-refractivity contribution in [1.82, 2.24) is 19.9 Å². The third-order valence-corrected chi connectivity index (χ3v) is 5.08. The average molecular weight is 363 g/mol. The molecule has 6 N–H and O–H groups in total. The van der Waals surface area contributed by atoms with Gasteiger partial charge in [-0.15, -0.1) is 0 Å². The number of rotatable bonds is 8. The number of aromatic nitrogens is 3. The lowest BCUT2D eigenvalue weighted by atomic mass is 9.97. The summed E-state index contributed by atoms with van der Waals surface area (Å²) in [6, 6.07) is -0.808. The van der Waals surface area contributed by atoms with Gasteiger partial charge in [0.05, 0.1) is 17.9 Å². The van der Waals surface area contributed by atoms with E-state index in [2.05, 4.69) is 19.9 Å². The zero-order valence-electron chi connectivity index (χ0n) is 14.5. The SMILES string of the molecule is NC(CCCCC1CN(Cc2c[nH]c3c(=O)[nH]cnc23)CC1O)C(=O)O. The predicted octanol–water partition coefficient (Wildman–Crippen LogP) is 0.0162.